The highest BCUT2D eigenvalue weighted by Crippen LogP contribution is 2.34. The van der Waals surface area contributed by atoms with Crippen molar-refractivity contribution in [3.05, 3.63) is 41.5 Å². The number of imidazole rings is 1. The first kappa shape index (κ1) is 14.1. The summed E-state index contributed by atoms with van der Waals surface area (Å²) in [6.07, 6.45) is 2.97. The van der Waals surface area contributed by atoms with Crippen LogP contribution in [-0.2, 0) is 7.05 Å². The highest BCUT2D eigenvalue weighted by atomic mass is 16.7. The number of fused-ring (bicyclic) bond motifs is 1. The molecule has 1 aromatic carbocycles. The van der Waals surface area contributed by atoms with Gasteiger partial charge in [-0.1, -0.05) is 0 Å². The third-order valence-corrected chi connectivity index (χ3v) is 4.49. The van der Waals surface area contributed by atoms with Gasteiger partial charge in [-0.25, -0.2) is 4.98 Å². The lowest BCUT2D eigenvalue weighted by molar-refractivity contribution is 0.0790. The average molecular weight is 313 g/mol. The van der Waals surface area contributed by atoms with Gasteiger partial charge in [-0.2, -0.15) is 0 Å². The molecule has 1 fully saturated rings. The number of carbonyl (C=O) groups is 1. The van der Waals surface area contributed by atoms with Gasteiger partial charge in [-0.15, -0.1) is 0 Å². The zero-order chi connectivity index (χ0) is 16.0. The minimum atomic E-state index is 0.0386. The second kappa shape index (κ2) is 5.30. The summed E-state index contributed by atoms with van der Waals surface area (Å²) in [5.41, 5.74) is 1.66. The number of aryl methyl sites for hydroxylation is 2. The Morgan fingerprint density at radius 1 is 1.30 bits per heavy atom. The maximum atomic E-state index is 12.7. The average Bonchev–Trinajstić information content (AvgIpc) is 3.24. The molecule has 1 atom stereocenters. The Balaban J connectivity index is 1.51. The van der Waals surface area contributed by atoms with Crippen LogP contribution in [-0.4, -0.2) is 40.2 Å². The van der Waals surface area contributed by atoms with Gasteiger partial charge >= 0.3 is 0 Å². The van der Waals surface area contributed by atoms with E-state index in [0.29, 0.717) is 29.5 Å². The van der Waals surface area contributed by atoms with Crippen LogP contribution in [0, 0.1) is 6.92 Å². The van der Waals surface area contributed by atoms with E-state index in [-0.39, 0.29) is 12.7 Å². The summed E-state index contributed by atoms with van der Waals surface area (Å²) in [5, 5.41) is 0. The summed E-state index contributed by atoms with van der Waals surface area (Å²) in [4.78, 5) is 19.2. The van der Waals surface area contributed by atoms with Gasteiger partial charge in [0.05, 0.1) is 5.69 Å². The molecule has 120 valence electrons. The molecule has 1 aromatic heterocycles. The topological polar surface area (TPSA) is 56.6 Å². The van der Waals surface area contributed by atoms with Crippen molar-refractivity contribution in [3.8, 4) is 11.5 Å². The van der Waals surface area contributed by atoms with Gasteiger partial charge in [-0.3, -0.25) is 4.79 Å². The fraction of sp³-hybridized carbons (Fsp3) is 0.412. The van der Waals surface area contributed by atoms with Gasteiger partial charge in [0.15, 0.2) is 11.5 Å². The van der Waals surface area contributed by atoms with Gasteiger partial charge in [0.2, 0.25) is 6.79 Å². The predicted molar refractivity (Wildman–Crippen MR) is 83.8 cm³/mol. The summed E-state index contributed by atoms with van der Waals surface area (Å²) in [5.74, 6) is 2.74. The van der Waals surface area contributed by atoms with E-state index in [1.807, 2.05) is 25.1 Å². The standard InChI is InChI=1S/C17H19N3O3/c1-11-8-19(2)16(18-11)13-5-6-20(9-13)17(21)12-3-4-14-15(7-12)23-10-22-14/h3-4,7-8,13H,5-6,9-10H2,1-2H3. The summed E-state index contributed by atoms with van der Waals surface area (Å²) in [6.45, 7) is 3.67. The Labute approximate surface area is 134 Å². The summed E-state index contributed by atoms with van der Waals surface area (Å²) in [6, 6.07) is 5.36. The number of benzene rings is 1. The zero-order valence-corrected chi connectivity index (χ0v) is 13.3. The molecule has 2 aliphatic heterocycles. The molecule has 1 saturated heterocycles. The summed E-state index contributed by atoms with van der Waals surface area (Å²) in [7, 11) is 2.01. The first-order chi connectivity index (χ1) is 11.1. The van der Waals surface area contributed by atoms with Crippen LogP contribution in [0.3, 0.4) is 0 Å². The lowest BCUT2D eigenvalue weighted by atomic mass is 10.1. The van der Waals surface area contributed by atoms with Gasteiger partial charge in [0.25, 0.3) is 5.91 Å². The van der Waals surface area contributed by atoms with Gasteiger partial charge in [0.1, 0.15) is 5.82 Å². The molecule has 0 bridgehead atoms. The van der Waals surface area contributed by atoms with Crippen LogP contribution in [0.15, 0.2) is 24.4 Å². The highest BCUT2D eigenvalue weighted by molar-refractivity contribution is 5.95. The molecule has 1 amide bonds. The second-order valence-electron chi connectivity index (χ2n) is 6.16. The lowest BCUT2D eigenvalue weighted by Crippen LogP contribution is -2.28. The van der Waals surface area contributed by atoms with E-state index in [9.17, 15) is 4.79 Å². The SMILES string of the molecule is Cc1cn(C)c(C2CCN(C(=O)c3ccc4c(c3)OCO4)C2)n1. The van der Waals surface area contributed by atoms with E-state index in [2.05, 4.69) is 9.55 Å². The van der Waals surface area contributed by atoms with Crippen molar-refractivity contribution >= 4 is 5.91 Å². The lowest BCUT2D eigenvalue weighted by Gasteiger charge is -2.17. The number of hydrogen-bond acceptors (Lipinski definition) is 4. The number of ether oxygens (including phenoxy) is 2. The zero-order valence-electron chi connectivity index (χ0n) is 13.3. The minimum absolute atomic E-state index is 0.0386. The van der Waals surface area contributed by atoms with Crippen molar-refractivity contribution in [2.45, 2.75) is 19.3 Å². The van der Waals surface area contributed by atoms with Crippen LogP contribution in [0.2, 0.25) is 0 Å². The molecular formula is C17H19N3O3. The molecule has 0 spiro atoms. The van der Waals surface area contributed by atoms with Crippen LogP contribution in [0.1, 0.15) is 34.2 Å². The number of hydrogen-bond donors (Lipinski definition) is 0. The fourth-order valence-corrected chi connectivity index (χ4v) is 3.38. The van der Waals surface area contributed by atoms with Crippen LogP contribution in [0.4, 0.5) is 0 Å². The number of rotatable bonds is 2. The predicted octanol–water partition coefficient (Wildman–Crippen LogP) is 2.09. The van der Waals surface area contributed by atoms with Crippen molar-refractivity contribution in [2.75, 3.05) is 19.9 Å². The molecule has 0 N–H and O–H groups in total. The molecule has 2 aromatic rings. The van der Waals surface area contributed by atoms with Gasteiger partial charge in [0, 0.05) is 37.8 Å². The monoisotopic (exact) mass is 313 g/mol. The van der Waals surface area contributed by atoms with Crippen molar-refractivity contribution in [1.82, 2.24) is 14.5 Å². The quantitative estimate of drug-likeness (QED) is 0.852. The number of amides is 1. The van der Waals surface area contributed by atoms with E-state index >= 15 is 0 Å². The molecule has 3 heterocycles. The highest BCUT2D eigenvalue weighted by Gasteiger charge is 2.31. The van der Waals surface area contributed by atoms with E-state index in [1.54, 1.807) is 18.2 Å². The smallest absolute Gasteiger partial charge is 0.254 e. The van der Waals surface area contributed by atoms with Crippen LogP contribution >= 0.6 is 0 Å². The first-order valence-corrected chi connectivity index (χ1v) is 7.80. The Bertz CT molecular complexity index is 768. The van der Waals surface area contributed by atoms with Crippen molar-refractivity contribution in [1.29, 1.82) is 0 Å². The largest absolute Gasteiger partial charge is 0.454 e. The Kier molecular flexibility index (Phi) is 3.25. The van der Waals surface area contributed by atoms with Gasteiger partial charge in [-0.05, 0) is 31.5 Å². The summed E-state index contributed by atoms with van der Waals surface area (Å²) < 4.78 is 12.7. The van der Waals surface area contributed by atoms with Crippen LogP contribution in [0.5, 0.6) is 11.5 Å². The van der Waals surface area contributed by atoms with Crippen LogP contribution < -0.4 is 9.47 Å². The number of carbonyl (C=O) groups excluding carboxylic acids is 1. The third kappa shape index (κ3) is 2.44. The molecule has 23 heavy (non-hydrogen) atoms. The normalized spacial score (nSPS) is 19.4. The Morgan fingerprint density at radius 3 is 2.91 bits per heavy atom. The Morgan fingerprint density at radius 2 is 2.13 bits per heavy atom. The number of aromatic nitrogens is 2. The van der Waals surface area contributed by atoms with Crippen LogP contribution in [0.25, 0.3) is 0 Å². The van der Waals surface area contributed by atoms with E-state index in [4.69, 9.17) is 9.47 Å². The fourth-order valence-electron chi connectivity index (χ4n) is 3.38. The van der Waals surface area contributed by atoms with Crippen molar-refractivity contribution in [3.63, 3.8) is 0 Å². The van der Waals surface area contributed by atoms with E-state index in [1.165, 1.54) is 0 Å². The number of likely N-dealkylation sites (tertiary alicyclic amines) is 1. The molecule has 6 heteroatoms. The maximum absolute atomic E-state index is 12.7. The minimum Gasteiger partial charge on any atom is -0.454 e. The third-order valence-electron chi connectivity index (χ3n) is 4.49. The van der Waals surface area contributed by atoms with Gasteiger partial charge < -0.3 is 18.9 Å². The van der Waals surface area contributed by atoms with Crippen molar-refractivity contribution < 1.29 is 14.3 Å². The second-order valence-corrected chi connectivity index (χ2v) is 6.16. The van der Waals surface area contributed by atoms with E-state index < -0.39 is 0 Å². The Hall–Kier alpha value is -2.50. The molecule has 6 nitrogen and oxygen atoms in total. The molecule has 4 rings (SSSR count). The molecular weight excluding hydrogens is 294 g/mol. The molecule has 2 aliphatic rings. The van der Waals surface area contributed by atoms with E-state index in [0.717, 1.165) is 24.5 Å². The molecule has 0 saturated carbocycles. The molecule has 0 aliphatic carbocycles. The van der Waals surface area contributed by atoms with Crippen molar-refractivity contribution in [2.24, 2.45) is 7.05 Å². The molecule has 1 unspecified atom stereocenters. The molecule has 0 radical (unpaired) electrons. The number of nitrogens with zero attached hydrogens (tertiary/aromatic N) is 3. The maximum Gasteiger partial charge on any atom is 0.254 e. The first-order valence-electron chi connectivity index (χ1n) is 7.80. The summed E-state index contributed by atoms with van der Waals surface area (Å²) >= 11 is 0.